The van der Waals surface area contributed by atoms with Crippen molar-refractivity contribution in [3.05, 3.63) is 0 Å². The Bertz CT molecular complexity index is 817. The van der Waals surface area contributed by atoms with Crippen molar-refractivity contribution in [1.29, 1.82) is 0 Å². The summed E-state index contributed by atoms with van der Waals surface area (Å²) in [4.78, 5) is 14.2. The topological polar surface area (TPSA) is 68.2 Å². The van der Waals surface area contributed by atoms with Crippen LogP contribution in [0.5, 0.6) is 0 Å². The van der Waals surface area contributed by atoms with E-state index in [0.717, 1.165) is 19.3 Å². The van der Waals surface area contributed by atoms with Gasteiger partial charge in [-0.1, -0.05) is 85.5 Å². The van der Waals surface area contributed by atoms with Crippen LogP contribution in [0.1, 0.15) is 133 Å². The van der Waals surface area contributed by atoms with Gasteiger partial charge in [-0.05, 0) is 71.5 Å². The Morgan fingerprint density at radius 1 is 1.05 bits per heavy atom. The molecule has 7 heteroatoms. The summed E-state index contributed by atoms with van der Waals surface area (Å²) in [6.07, 6.45) is 10.5. The van der Waals surface area contributed by atoms with Gasteiger partial charge in [0.2, 0.25) is 0 Å². The van der Waals surface area contributed by atoms with Gasteiger partial charge in [0.1, 0.15) is 17.4 Å². The molecule has 4 atom stereocenters. The molecule has 1 heterocycles. The number of hydrogen-bond donors (Lipinski definition) is 1. The Morgan fingerprint density at radius 3 is 2.12 bits per heavy atom. The molecule has 0 aromatic carbocycles. The van der Waals surface area contributed by atoms with Crippen LogP contribution in [0, 0.1) is 17.8 Å². The molecular weight excluding hydrogens is 518 g/mol. The number of aliphatic hydroxyl groups excluding tert-OH is 1. The smallest absolute Gasteiger partial charge is 0.413 e. The molecule has 234 valence electrons. The maximum Gasteiger partial charge on any atom is 0.413 e. The van der Waals surface area contributed by atoms with Crippen molar-refractivity contribution in [3.8, 4) is 11.8 Å². The highest BCUT2D eigenvalue weighted by molar-refractivity contribution is 6.74. The molecule has 1 N–H and O–H groups in total. The minimum Gasteiger partial charge on any atom is -0.444 e. The number of ether oxygens (including phenoxy) is 2. The molecule has 40 heavy (non-hydrogen) atoms. The summed E-state index contributed by atoms with van der Waals surface area (Å²) in [5.74, 6) is 6.68. The molecule has 0 aromatic heterocycles. The van der Waals surface area contributed by atoms with E-state index in [4.69, 9.17) is 13.9 Å². The molecule has 0 bridgehead atoms. The Labute approximate surface area is 248 Å². The van der Waals surface area contributed by atoms with Crippen LogP contribution < -0.4 is 0 Å². The van der Waals surface area contributed by atoms with Gasteiger partial charge in [-0.15, -0.1) is 5.92 Å². The van der Waals surface area contributed by atoms with Crippen LogP contribution in [0.2, 0.25) is 18.1 Å². The molecule has 1 aliphatic rings. The maximum absolute atomic E-state index is 12.8. The number of nitrogens with zero attached hydrogens (tertiary/aromatic N) is 1. The van der Waals surface area contributed by atoms with Gasteiger partial charge in [-0.2, -0.15) is 0 Å². The molecular formula is C33H63NO5Si. The number of carbonyl (C=O) groups excluding carboxylic acids is 1. The molecule has 1 fully saturated rings. The van der Waals surface area contributed by atoms with Crippen LogP contribution in [0.15, 0.2) is 0 Å². The van der Waals surface area contributed by atoms with Crippen molar-refractivity contribution in [3.63, 3.8) is 0 Å². The van der Waals surface area contributed by atoms with Crippen molar-refractivity contribution < 1.29 is 23.8 Å². The van der Waals surface area contributed by atoms with Crippen LogP contribution in [0.3, 0.4) is 0 Å². The van der Waals surface area contributed by atoms with Gasteiger partial charge < -0.3 is 19.0 Å². The number of amides is 1. The first kappa shape index (κ1) is 37.0. The van der Waals surface area contributed by atoms with E-state index in [1.807, 2.05) is 34.6 Å². The van der Waals surface area contributed by atoms with E-state index in [9.17, 15) is 9.90 Å². The number of hydrogen-bond acceptors (Lipinski definition) is 5. The fourth-order valence-corrected chi connectivity index (χ4v) is 6.19. The Hall–Kier alpha value is -1.07. The zero-order valence-corrected chi connectivity index (χ0v) is 29.1. The predicted molar refractivity (Wildman–Crippen MR) is 169 cm³/mol. The SMILES string of the molecule is CC[C@H](C)[C@@H](CCCCCCCCCC#C[C@@H](O)[C@@H]1COC(C)(C)N1C(=O)OC(C)(C)C)O[Si](C)(C)C(C)(C)C. The first-order valence-electron chi connectivity index (χ1n) is 15.8. The zero-order chi connectivity index (χ0) is 30.8. The van der Waals surface area contributed by atoms with Gasteiger partial charge in [0.15, 0.2) is 8.32 Å². The monoisotopic (exact) mass is 581 g/mol. The van der Waals surface area contributed by atoms with Gasteiger partial charge in [0.25, 0.3) is 0 Å². The van der Waals surface area contributed by atoms with Crippen LogP contribution >= 0.6 is 0 Å². The number of carbonyl (C=O) groups is 1. The summed E-state index contributed by atoms with van der Waals surface area (Å²) in [5, 5.41) is 11.0. The molecule has 1 saturated heterocycles. The zero-order valence-electron chi connectivity index (χ0n) is 28.1. The Kier molecular flexibility index (Phi) is 14.7. The van der Waals surface area contributed by atoms with Crippen LogP contribution in [-0.4, -0.2) is 60.6 Å². The van der Waals surface area contributed by atoms with Crippen molar-refractivity contribution in [2.24, 2.45) is 5.92 Å². The van der Waals surface area contributed by atoms with Crippen LogP contribution in [0.4, 0.5) is 4.79 Å². The van der Waals surface area contributed by atoms with E-state index in [2.05, 4.69) is 59.6 Å². The van der Waals surface area contributed by atoms with E-state index >= 15 is 0 Å². The largest absolute Gasteiger partial charge is 0.444 e. The molecule has 0 radical (unpaired) electrons. The normalized spacial score (nSPS) is 20.0. The summed E-state index contributed by atoms with van der Waals surface area (Å²) >= 11 is 0. The first-order valence-corrected chi connectivity index (χ1v) is 18.7. The van der Waals surface area contributed by atoms with E-state index in [1.165, 1.54) is 49.8 Å². The second-order valence-corrected chi connectivity index (χ2v) is 19.5. The van der Waals surface area contributed by atoms with Gasteiger partial charge in [0.05, 0.1) is 12.6 Å². The molecule has 0 saturated carbocycles. The summed E-state index contributed by atoms with van der Waals surface area (Å²) < 4.78 is 18.1. The van der Waals surface area contributed by atoms with E-state index in [1.54, 1.807) is 0 Å². The lowest BCUT2D eigenvalue weighted by atomic mass is 9.96. The lowest BCUT2D eigenvalue weighted by Crippen LogP contribution is -2.53. The van der Waals surface area contributed by atoms with Crippen molar-refractivity contribution in [2.45, 2.75) is 181 Å². The fourth-order valence-electron chi connectivity index (χ4n) is 4.72. The van der Waals surface area contributed by atoms with Gasteiger partial charge in [-0.3, -0.25) is 4.90 Å². The first-order chi connectivity index (χ1) is 18.3. The molecule has 0 unspecified atom stereocenters. The lowest BCUT2D eigenvalue weighted by molar-refractivity contribution is -0.0658. The molecule has 1 amide bonds. The highest BCUT2D eigenvalue weighted by Crippen LogP contribution is 2.39. The minimum atomic E-state index is -1.74. The number of rotatable bonds is 14. The molecule has 6 nitrogen and oxygen atoms in total. The van der Waals surface area contributed by atoms with Gasteiger partial charge >= 0.3 is 6.09 Å². The summed E-state index contributed by atoms with van der Waals surface area (Å²) in [7, 11) is -1.74. The predicted octanol–water partition coefficient (Wildman–Crippen LogP) is 8.67. The van der Waals surface area contributed by atoms with E-state index in [0.29, 0.717) is 12.0 Å². The third kappa shape index (κ3) is 12.4. The maximum atomic E-state index is 12.8. The summed E-state index contributed by atoms with van der Waals surface area (Å²) in [6.45, 7) is 25.7. The average Bonchev–Trinajstić information content (AvgIpc) is 3.14. The Morgan fingerprint density at radius 2 is 1.60 bits per heavy atom. The van der Waals surface area contributed by atoms with E-state index in [-0.39, 0.29) is 11.6 Å². The summed E-state index contributed by atoms with van der Waals surface area (Å²) in [6, 6.07) is -0.537. The Balaban J connectivity index is 2.34. The average molecular weight is 582 g/mol. The third-order valence-electron chi connectivity index (χ3n) is 8.54. The molecule has 0 spiro atoms. The lowest BCUT2D eigenvalue weighted by Gasteiger charge is -2.41. The van der Waals surface area contributed by atoms with Gasteiger partial charge in [0, 0.05) is 12.5 Å². The highest BCUT2D eigenvalue weighted by Gasteiger charge is 2.48. The van der Waals surface area contributed by atoms with Crippen LogP contribution in [-0.2, 0) is 13.9 Å². The molecule has 0 aliphatic carbocycles. The quantitative estimate of drug-likeness (QED) is 0.126. The van der Waals surface area contributed by atoms with Crippen molar-refractivity contribution in [2.75, 3.05) is 6.61 Å². The number of unbranched alkanes of at least 4 members (excludes halogenated alkanes) is 7. The number of aliphatic hydroxyl groups is 1. The molecule has 0 aromatic rings. The van der Waals surface area contributed by atoms with Crippen molar-refractivity contribution in [1.82, 2.24) is 4.90 Å². The molecule has 1 aliphatic heterocycles. The third-order valence-corrected chi connectivity index (χ3v) is 13.0. The van der Waals surface area contributed by atoms with Crippen molar-refractivity contribution >= 4 is 14.4 Å². The van der Waals surface area contributed by atoms with Gasteiger partial charge in [-0.25, -0.2) is 4.79 Å². The van der Waals surface area contributed by atoms with Crippen LogP contribution in [0.25, 0.3) is 0 Å². The summed E-state index contributed by atoms with van der Waals surface area (Å²) in [5.41, 5.74) is -1.46. The highest BCUT2D eigenvalue weighted by atomic mass is 28.4. The fraction of sp³-hybridized carbons (Fsp3) is 0.909. The second-order valence-electron chi connectivity index (χ2n) is 14.8. The second kappa shape index (κ2) is 16.0. The van der Waals surface area contributed by atoms with E-state index < -0.39 is 37.9 Å². The standard InChI is InChI=1S/C33H63NO5Si/c1-13-26(2)29(39-40(11,12)32(6,7)8)24-22-20-18-16-14-15-17-19-21-23-28(35)27-25-37-33(9,10)34(27)30(36)38-31(3,4)5/h26-29,35H,13-20,22,24-25H2,1-12H3/t26-,27-,28+,29+/m0/s1. The minimum absolute atomic E-state index is 0.239. The molecule has 1 rings (SSSR count).